The Kier molecular flexibility index (Phi) is 4.99. The number of nitrogens with zero attached hydrogens (tertiary/aromatic N) is 1. The van der Waals surface area contributed by atoms with Gasteiger partial charge in [0.15, 0.2) is 0 Å². The average Bonchev–Trinajstić information content (AvgIpc) is 2.78. The number of carbonyl (C=O) groups excluding carboxylic acids is 1. The van der Waals surface area contributed by atoms with Gasteiger partial charge in [-0.25, -0.2) is 4.79 Å². The average molecular weight is 345 g/mol. The summed E-state index contributed by atoms with van der Waals surface area (Å²) in [6, 6.07) is 8.91. The predicted molar refractivity (Wildman–Crippen MR) is 99.1 cm³/mol. The minimum atomic E-state index is -0.442. The lowest BCUT2D eigenvalue weighted by molar-refractivity contribution is -0.00707. The molecule has 3 atom stereocenters. The molecular weight excluding hydrogens is 314 g/mol. The summed E-state index contributed by atoms with van der Waals surface area (Å²) in [4.78, 5) is 14.5. The van der Waals surface area contributed by atoms with Crippen molar-refractivity contribution in [2.75, 3.05) is 0 Å². The van der Waals surface area contributed by atoms with Gasteiger partial charge >= 0.3 is 6.09 Å². The maximum absolute atomic E-state index is 12.5. The van der Waals surface area contributed by atoms with Crippen LogP contribution in [0.25, 0.3) is 0 Å². The molecular formula is C21H31NO3. The van der Waals surface area contributed by atoms with Crippen LogP contribution in [-0.4, -0.2) is 34.8 Å². The van der Waals surface area contributed by atoms with E-state index in [9.17, 15) is 4.79 Å². The highest BCUT2D eigenvalue weighted by Gasteiger charge is 2.45. The first-order valence-corrected chi connectivity index (χ1v) is 9.51. The van der Waals surface area contributed by atoms with Crippen LogP contribution < -0.4 is 4.74 Å². The minimum Gasteiger partial charge on any atom is -0.490 e. The fourth-order valence-corrected chi connectivity index (χ4v) is 3.96. The van der Waals surface area contributed by atoms with Crippen LogP contribution >= 0.6 is 0 Å². The molecule has 25 heavy (non-hydrogen) atoms. The second-order valence-electron chi connectivity index (χ2n) is 8.71. The Balaban J connectivity index is 1.61. The van der Waals surface area contributed by atoms with Crippen LogP contribution in [0.4, 0.5) is 4.79 Å². The molecule has 0 radical (unpaired) electrons. The summed E-state index contributed by atoms with van der Waals surface area (Å²) in [5.74, 6) is 1.46. The maximum atomic E-state index is 12.5. The molecule has 2 heterocycles. The zero-order valence-electron chi connectivity index (χ0n) is 16.1. The molecule has 2 aliphatic rings. The molecule has 0 spiro atoms. The third kappa shape index (κ3) is 4.28. The number of carbonyl (C=O) groups is 1. The SMILES string of the molecule is CC(C)c1ccc(O[C@H]2C[C@H]3CC[C@@H](C2)N3C(=O)OC(C)(C)C)cc1. The lowest BCUT2D eigenvalue weighted by atomic mass is 10.00. The van der Waals surface area contributed by atoms with Crippen molar-refractivity contribution in [3.05, 3.63) is 29.8 Å². The number of fused-ring (bicyclic) bond motifs is 2. The van der Waals surface area contributed by atoms with E-state index in [2.05, 4.69) is 38.1 Å². The van der Waals surface area contributed by atoms with Gasteiger partial charge in [0.05, 0.1) is 0 Å². The van der Waals surface area contributed by atoms with Crippen molar-refractivity contribution in [1.29, 1.82) is 0 Å². The molecule has 0 unspecified atom stereocenters. The second-order valence-corrected chi connectivity index (χ2v) is 8.71. The van der Waals surface area contributed by atoms with Gasteiger partial charge in [0.25, 0.3) is 0 Å². The molecule has 1 aromatic carbocycles. The molecule has 2 fully saturated rings. The largest absolute Gasteiger partial charge is 0.490 e. The number of hydrogen-bond acceptors (Lipinski definition) is 3. The lowest BCUT2D eigenvalue weighted by Gasteiger charge is -2.39. The van der Waals surface area contributed by atoms with Gasteiger partial charge < -0.3 is 14.4 Å². The number of hydrogen-bond donors (Lipinski definition) is 0. The Bertz CT molecular complexity index is 589. The topological polar surface area (TPSA) is 38.8 Å². The van der Waals surface area contributed by atoms with E-state index in [-0.39, 0.29) is 24.3 Å². The van der Waals surface area contributed by atoms with Crippen LogP contribution in [0.2, 0.25) is 0 Å². The first-order valence-electron chi connectivity index (χ1n) is 9.51. The van der Waals surface area contributed by atoms with Crippen molar-refractivity contribution in [3.8, 4) is 5.75 Å². The van der Waals surface area contributed by atoms with E-state index in [0.29, 0.717) is 5.92 Å². The molecule has 1 aromatic rings. The van der Waals surface area contributed by atoms with E-state index >= 15 is 0 Å². The van der Waals surface area contributed by atoms with E-state index < -0.39 is 5.60 Å². The minimum absolute atomic E-state index is 0.167. The van der Waals surface area contributed by atoms with Gasteiger partial charge in [-0.2, -0.15) is 0 Å². The first-order chi connectivity index (χ1) is 11.7. The number of piperidine rings is 1. The molecule has 4 nitrogen and oxygen atoms in total. The highest BCUT2D eigenvalue weighted by Crippen LogP contribution is 2.38. The molecule has 2 bridgehead atoms. The Morgan fingerprint density at radius 1 is 1.08 bits per heavy atom. The normalized spacial score (nSPS) is 26.0. The summed E-state index contributed by atoms with van der Waals surface area (Å²) in [7, 11) is 0. The van der Waals surface area contributed by atoms with Gasteiger partial charge in [-0.05, 0) is 57.2 Å². The summed E-state index contributed by atoms with van der Waals surface area (Å²) in [5, 5.41) is 0. The van der Waals surface area contributed by atoms with Gasteiger partial charge in [0.1, 0.15) is 17.5 Å². The Morgan fingerprint density at radius 2 is 1.64 bits per heavy atom. The van der Waals surface area contributed by atoms with E-state index in [1.54, 1.807) is 0 Å². The Morgan fingerprint density at radius 3 is 2.12 bits per heavy atom. The van der Waals surface area contributed by atoms with Gasteiger partial charge in [0.2, 0.25) is 0 Å². The third-order valence-corrected chi connectivity index (χ3v) is 5.14. The Labute approximate surface area is 151 Å². The highest BCUT2D eigenvalue weighted by atomic mass is 16.6. The molecule has 138 valence electrons. The van der Waals surface area contributed by atoms with Crippen LogP contribution in [0.3, 0.4) is 0 Å². The maximum Gasteiger partial charge on any atom is 0.410 e. The number of ether oxygens (including phenoxy) is 2. The molecule has 2 aliphatic heterocycles. The van der Waals surface area contributed by atoms with E-state index in [4.69, 9.17) is 9.47 Å². The predicted octanol–water partition coefficient (Wildman–Crippen LogP) is 5.12. The summed E-state index contributed by atoms with van der Waals surface area (Å²) < 4.78 is 11.8. The number of benzene rings is 1. The van der Waals surface area contributed by atoms with Crippen LogP contribution in [0.1, 0.15) is 71.8 Å². The van der Waals surface area contributed by atoms with Crippen LogP contribution in [0.15, 0.2) is 24.3 Å². The number of amides is 1. The van der Waals surface area contributed by atoms with Crippen LogP contribution in [0, 0.1) is 0 Å². The molecule has 3 rings (SSSR count). The van der Waals surface area contributed by atoms with Gasteiger partial charge in [-0.3, -0.25) is 0 Å². The van der Waals surface area contributed by atoms with Crippen molar-refractivity contribution >= 4 is 6.09 Å². The van der Waals surface area contributed by atoms with E-state index in [1.807, 2.05) is 25.7 Å². The van der Waals surface area contributed by atoms with Crippen molar-refractivity contribution in [2.24, 2.45) is 0 Å². The number of rotatable bonds is 3. The highest BCUT2D eigenvalue weighted by molar-refractivity contribution is 5.69. The molecule has 2 saturated heterocycles. The molecule has 0 saturated carbocycles. The zero-order valence-corrected chi connectivity index (χ0v) is 16.1. The van der Waals surface area contributed by atoms with Crippen molar-refractivity contribution in [3.63, 3.8) is 0 Å². The zero-order chi connectivity index (χ0) is 18.2. The monoisotopic (exact) mass is 345 g/mol. The molecule has 0 N–H and O–H groups in total. The summed E-state index contributed by atoms with van der Waals surface area (Å²) in [5.41, 5.74) is 0.884. The van der Waals surface area contributed by atoms with Crippen molar-refractivity contribution in [1.82, 2.24) is 4.90 Å². The smallest absolute Gasteiger partial charge is 0.410 e. The lowest BCUT2D eigenvalue weighted by Crippen LogP contribution is -2.50. The fraction of sp³-hybridized carbons (Fsp3) is 0.667. The summed E-state index contributed by atoms with van der Waals surface area (Å²) >= 11 is 0. The second kappa shape index (κ2) is 6.89. The first kappa shape index (κ1) is 18.1. The van der Waals surface area contributed by atoms with Crippen molar-refractivity contribution in [2.45, 2.75) is 90.0 Å². The van der Waals surface area contributed by atoms with E-state index in [0.717, 1.165) is 31.4 Å². The standard InChI is InChI=1S/C21H31NO3/c1-14(2)15-6-10-18(11-7-15)24-19-12-16-8-9-17(13-19)22(16)20(23)25-21(3,4)5/h6-7,10-11,14,16-17,19H,8-9,12-13H2,1-5H3/t16-,17+,19+. The van der Waals surface area contributed by atoms with Crippen LogP contribution in [0.5, 0.6) is 5.75 Å². The summed E-state index contributed by atoms with van der Waals surface area (Å²) in [6.45, 7) is 10.1. The molecule has 0 aliphatic carbocycles. The Hall–Kier alpha value is -1.71. The molecule has 1 amide bonds. The van der Waals surface area contributed by atoms with Crippen LogP contribution in [-0.2, 0) is 4.74 Å². The van der Waals surface area contributed by atoms with Gasteiger partial charge in [0, 0.05) is 24.9 Å². The summed E-state index contributed by atoms with van der Waals surface area (Å²) in [6.07, 6.45) is 3.90. The van der Waals surface area contributed by atoms with Gasteiger partial charge in [-0.15, -0.1) is 0 Å². The fourth-order valence-electron chi connectivity index (χ4n) is 3.96. The quantitative estimate of drug-likeness (QED) is 0.763. The molecule has 4 heteroatoms. The molecule has 0 aromatic heterocycles. The van der Waals surface area contributed by atoms with Gasteiger partial charge in [-0.1, -0.05) is 26.0 Å². The third-order valence-electron chi connectivity index (χ3n) is 5.14. The van der Waals surface area contributed by atoms with E-state index in [1.165, 1.54) is 5.56 Å². The van der Waals surface area contributed by atoms with Crippen molar-refractivity contribution < 1.29 is 14.3 Å².